The summed E-state index contributed by atoms with van der Waals surface area (Å²) in [6, 6.07) is 11.5. The standard InChI is InChI=1S/C28H29ClN4O4/c1-28(2,3)37-27(34)33-24(18-6-7-26(31-15-18)32-8-5-9-36-17-32)12-19-11-22(23(29)13-25(19)33)20-10-21(35-4)16-30-14-20/h6-7,10-16H,5,8-9,17H2,1-4H3. The molecule has 192 valence electrons. The molecule has 0 bridgehead atoms. The van der Waals surface area contributed by atoms with Crippen molar-refractivity contribution < 1.29 is 19.0 Å². The molecule has 4 aromatic rings. The lowest BCUT2D eigenvalue weighted by molar-refractivity contribution is 0.0547. The molecule has 0 aliphatic carbocycles. The van der Waals surface area contributed by atoms with E-state index in [0.29, 0.717) is 28.7 Å². The van der Waals surface area contributed by atoms with Crippen LogP contribution in [-0.2, 0) is 9.47 Å². The Kier molecular flexibility index (Phi) is 6.79. The molecule has 0 unspecified atom stereocenters. The molecule has 8 nitrogen and oxygen atoms in total. The van der Waals surface area contributed by atoms with Gasteiger partial charge in [-0.1, -0.05) is 11.6 Å². The maximum Gasteiger partial charge on any atom is 0.419 e. The predicted octanol–water partition coefficient (Wildman–Crippen LogP) is 6.39. The van der Waals surface area contributed by atoms with Gasteiger partial charge in [0, 0.05) is 41.0 Å². The first kappa shape index (κ1) is 25.0. The van der Waals surface area contributed by atoms with Gasteiger partial charge in [0.05, 0.1) is 36.1 Å². The summed E-state index contributed by atoms with van der Waals surface area (Å²) in [5, 5.41) is 1.31. The molecule has 9 heteroatoms. The highest BCUT2D eigenvalue weighted by Crippen LogP contribution is 2.37. The lowest BCUT2D eigenvalue weighted by Crippen LogP contribution is -2.33. The summed E-state index contributed by atoms with van der Waals surface area (Å²) in [6.45, 7) is 7.70. The molecule has 1 saturated heterocycles. The van der Waals surface area contributed by atoms with Crippen LogP contribution in [0.1, 0.15) is 27.2 Å². The van der Waals surface area contributed by atoms with Crippen LogP contribution in [0.25, 0.3) is 33.3 Å². The van der Waals surface area contributed by atoms with Crippen molar-refractivity contribution in [1.82, 2.24) is 14.5 Å². The fraction of sp³-hybridized carbons (Fsp3) is 0.321. The molecule has 1 aliphatic heterocycles. The molecule has 1 aromatic carbocycles. The SMILES string of the molecule is COc1cncc(-c2cc3cc(-c4ccc(N5CCCOC5)nc4)n(C(=O)OC(C)(C)C)c3cc2Cl)c1. The van der Waals surface area contributed by atoms with Crippen LogP contribution in [0.5, 0.6) is 5.75 Å². The number of ether oxygens (including phenoxy) is 3. The number of anilines is 1. The van der Waals surface area contributed by atoms with Gasteiger partial charge < -0.3 is 19.1 Å². The van der Waals surface area contributed by atoms with Gasteiger partial charge in [0.25, 0.3) is 0 Å². The summed E-state index contributed by atoms with van der Waals surface area (Å²) >= 11 is 6.74. The average molecular weight is 521 g/mol. The Bertz CT molecular complexity index is 1440. The molecule has 0 amide bonds. The molecular weight excluding hydrogens is 492 g/mol. The van der Waals surface area contributed by atoms with Gasteiger partial charge in [0.2, 0.25) is 0 Å². The van der Waals surface area contributed by atoms with Crippen LogP contribution in [0.3, 0.4) is 0 Å². The summed E-state index contributed by atoms with van der Waals surface area (Å²) in [4.78, 5) is 24.4. The highest BCUT2D eigenvalue weighted by molar-refractivity contribution is 6.34. The first-order chi connectivity index (χ1) is 17.7. The Labute approximate surface area is 220 Å². The molecule has 37 heavy (non-hydrogen) atoms. The van der Waals surface area contributed by atoms with Crippen molar-refractivity contribution in [3.8, 4) is 28.1 Å². The van der Waals surface area contributed by atoms with Gasteiger partial charge in [0.1, 0.15) is 23.9 Å². The fourth-order valence-corrected chi connectivity index (χ4v) is 4.62. The summed E-state index contributed by atoms with van der Waals surface area (Å²) < 4.78 is 18.2. The highest BCUT2D eigenvalue weighted by atomic mass is 35.5. The minimum absolute atomic E-state index is 0.482. The first-order valence-electron chi connectivity index (χ1n) is 12.1. The van der Waals surface area contributed by atoms with Crippen molar-refractivity contribution in [1.29, 1.82) is 0 Å². The van der Waals surface area contributed by atoms with Crippen molar-refractivity contribution >= 4 is 34.4 Å². The van der Waals surface area contributed by atoms with Crippen LogP contribution in [0.4, 0.5) is 10.6 Å². The van der Waals surface area contributed by atoms with E-state index in [0.717, 1.165) is 47.5 Å². The number of benzene rings is 1. The number of hydrogen-bond donors (Lipinski definition) is 0. The van der Waals surface area contributed by atoms with Crippen molar-refractivity contribution in [2.45, 2.75) is 32.8 Å². The molecule has 0 saturated carbocycles. The van der Waals surface area contributed by atoms with E-state index in [2.05, 4.69) is 14.9 Å². The molecule has 0 radical (unpaired) electrons. The van der Waals surface area contributed by atoms with Gasteiger partial charge >= 0.3 is 6.09 Å². The average Bonchev–Trinajstić information content (AvgIpc) is 3.26. The van der Waals surface area contributed by atoms with E-state index in [1.165, 1.54) is 0 Å². The second kappa shape index (κ2) is 10.0. The van der Waals surface area contributed by atoms with Gasteiger partial charge in [-0.2, -0.15) is 0 Å². The molecule has 4 heterocycles. The third-order valence-electron chi connectivity index (χ3n) is 6.06. The largest absolute Gasteiger partial charge is 0.495 e. The smallest absolute Gasteiger partial charge is 0.419 e. The topological polar surface area (TPSA) is 78.7 Å². The predicted molar refractivity (Wildman–Crippen MR) is 144 cm³/mol. The second-order valence-corrected chi connectivity index (χ2v) is 10.3. The Morgan fingerprint density at radius 2 is 1.92 bits per heavy atom. The Morgan fingerprint density at radius 3 is 2.59 bits per heavy atom. The van der Waals surface area contributed by atoms with Crippen LogP contribution in [0, 0.1) is 0 Å². The number of fused-ring (bicyclic) bond motifs is 1. The quantitative estimate of drug-likeness (QED) is 0.308. The second-order valence-electron chi connectivity index (χ2n) is 9.91. The molecule has 0 atom stereocenters. The number of aromatic nitrogens is 3. The van der Waals surface area contributed by atoms with Gasteiger partial charge in [-0.3, -0.25) is 4.98 Å². The monoisotopic (exact) mass is 520 g/mol. The van der Waals surface area contributed by atoms with Crippen molar-refractivity contribution in [2.24, 2.45) is 0 Å². The van der Waals surface area contributed by atoms with E-state index < -0.39 is 11.7 Å². The van der Waals surface area contributed by atoms with Crippen molar-refractivity contribution in [3.63, 3.8) is 0 Å². The minimum atomic E-state index is -0.669. The van der Waals surface area contributed by atoms with Crippen molar-refractivity contribution in [2.75, 3.05) is 31.9 Å². The number of halogens is 1. The normalized spacial score (nSPS) is 14.1. The van der Waals surface area contributed by atoms with Gasteiger partial charge in [-0.15, -0.1) is 0 Å². The van der Waals surface area contributed by atoms with Crippen LogP contribution in [-0.4, -0.2) is 53.2 Å². The Morgan fingerprint density at radius 1 is 1.08 bits per heavy atom. The first-order valence-corrected chi connectivity index (χ1v) is 12.5. The van der Waals surface area contributed by atoms with Crippen molar-refractivity contribution in [3.05, 3.63) is 60.0 Å². The van der Waals surface area contributed by atoms with Crippen LogP contribution >= 0.6 is 11.6 Å². The molecule has 1 aliphatic rings. The van der Waals surface area contributed by atoms with E-state index in [4.69, 9.17) is 25.8 Å². The zero-order valence-corrected chi connectivity index (χ0v) is 22.1. The maximum absolute atomic E-state index is 13.4. The van der Waals surface area contributed by atoms with E-state index in [1.807, 2.05) is 51.1 Å². The molecule has 3 aromatic heterocycles. The van der Waals surface area contributed by atoms with Gasteiger partial charge in [-0.25, -0.2) is 14.3 Å². The fourth-order valence-electron chi connectivity index (χ4n) is 4.35. The summed E-state index contributed by atoms with van der Waals surface area (Å²) in [7, 11) is 1.59. The molecule has 1 fully saturated rings. The summed E-state index contributed by atoms with van der Waals surface area (Å²) in [6.07, 6.45) is 5.61. The molecular formula is C28H29ClN4O4. The van der Waals surface area contributed by atoms with Crippen LogP contribution in [0.2, 0.25) is 5.02 Å². The number of carbonyl (C=O) groups is 1. The minimum Gasteiger partial charge on any atom is -0.495 e. The number of hydrogen-bond acceptors (Lipinski definition) is 7. The number of pyridine rings is 2. The zero-order chi connectivity index (χ0) is 26.2. The number of carbonyl (C=O) groups excluding carboxylic acids is 1. The van der Waals surface area contributed by atoms with E-state index in [9.17, 15) is 4.79 Å². The Balaban J connectivity index is 1.62. The van der Waals surface area contributed by atoms with Crippen LogP contribution in [0.15, 0.2) is 55.0 Å². The lowest BCUT2D eigenvalue weighted by Gasteiger charge is -2.27. The number of nitrogens with zero attached hydrogens (tertiary/aromatic N) is 4. The Hall–Kier alpha value is -3.62. The molecule has 0 N–H and O–H groups in total. The van der Waals surface area contributed by atoms with Crippen LogP contribution < -0.4 is 9.64 Å². The number of methoxy groups -OCH3 is 1. The third-order valence-corrected chi connectivity index (χ3v) is 6.37. The van der Waals surface area contributed by atoms with E-state index >= 15 is 0 Å². The van der Waals surface area contributed by atoms with E-state index in [1.54, 1.807) is 36.3 Å². The van der Waals surface area contributed by atoms with E-state index in [-0.39, 0.29) is 0 Å². The third kappa shape index (κ3) is 5.26. The summed E-state index contributed by atoms with van der Waals surface area (Å²) in [5.74, 6) is 1.46. The number of rotatable bonds is 4. The van der Waals surface area contributed by atoms with Gasteiger partial charge in [-0.05, 0) is 63.6 Å². The maximum atomic E-state index is 13.4. The molecule has 5 rings (SSSR count). The zero-order valence-electron chi connectivity index (χ0n) is 21.3. The molecule has 0 spiro atoms. The van der Waals surface area contributed by atoms with Gasteiger partial charge in [0.15, 0.2) is 0 Å². The highest BCUT2D eigenvalue weighted by Gasteiger charge is 2.24. The lowest BCUT2D eigenvalue weighted by atomic mass is 10.1. The summed E-state index contributed by atoms with van der Waals surface area (Å²) in [5.41, 5.74) is 3.01.